The number of thiophene rings is 1. The molecule has 0 spiro atoms. The van der Waals surface area contributed by atoms with Crippen molar-refractivity contribution in [3.8, 4) is 0 Å². The second-order valence-electron chi connectivity index (χ2n) is 4.99. The summed E-state index contributed by atoms with van der Waals surface area (Å²) in [6.07, 6.45) is 0.941. The lowest BCUT2D eigenvalue weighted by Gasteiger charge is -2.08. The van der Waals surface area contributed by atoms with Crippen LogP contribution in [0.2, 0.25) is 0 Å². The molecule has 1 aromatic heterocycles. The number of hydrogen-bond acceptors (Lipinski definition) is 1. The van der Waals surface area contributed by atoms with Gasteiger partial charge >= 0.3 is 0 Å². The van der Waals surface area contributed by atoms with Crippen molar-refractivity contribution >= 4 is 37.4 Å². The minimum absolute atomic E-state index is 0.171. The van der Waals surface area contributed by atoms with E-state index in [9.17, 15) is 4.39 Å². The molecule has 0 bridgehead atoms. The fourth-order valence-electron chi connectivity index (χ4n) is 2.33. The van der Waals surface area contributed by atoms with Crippen LogP contribution in [-0.2, 0) is 6.42 Å². The SMILES string of the molecule is Cc1cccc(CC(Br)c2cc3ccc(F)cc3s2)c1. The smallest absolute Gasteiger partial charge is 0.124 e. The van der Waals surface area contributed by atoms with Gasteiger partial charge in [0.1, 0.15) is 5.82 Å². The third kappa shape index (κ3) is 2.94. The maximum Gasteiger partial charge on any atom is 0.124 e. The van der Waals surface area contributed by atoms with Crippen LogP contribution in [0.25, 0.3) is 10.1 Å². The van der Waals surface area contributed by atoms with E-state index < -0.39 is 0 Å². The van der Waals surface area contributed by atoms with Crippen molar-refractivity contribution in [2.45, 2.75) is 18.2 Å². The van der Waals surface area contributed by atoms with Crippen LogP contribution in [0, 0.1) is 12.7 Å². The number of aryl methyl sites for hydroxylation is 1. The summed E-state index contributed by atoms with van der Waals surface area (Å²) in [5.74, 6) is -0.171. The van der Waals surface area contributed by atoms with Gasteiger partial charge in [0, 0.05) is 9.58 Å². The Morgan fingerprint density at radius 1 is 1.15 bits per heavy atom. The van der Waals surface area contributed by atoms with Crippen LogP contribution in [0.15, 0.2) is 48.5 Å². The number of alkyl halides is 1. The van der Waals surface area contributed by atoms with Crippen molar-refractivity contribution in [1.29, 1.82) is 0 Å². The molecule has 1 heterocycles. The minimum Gasteiger partial charge on any atom is -0.207 e. The normalized spacial score (nSPS) is 12.8. The molecular formula is C17H14BrFS. The maximum absolute atomic E-state index is 13.2. The average molecular weight is 349 g/mol. The summed E-state index contributed by atoms with van der Waals surface area (Å²) in [6.45, 7) is 2.11. The summed E-state index contributed by atoms with van der Waals surface area (Å²) in [4.78, 5) is 1.51. The van der Waals surface area contributed by atoms with Crippen LogP contribution >= 0.6 is 27.3 Å². The number of fused-ring (bicyclic) bond motifs is 1. The summed E-state index contributed by atoms with van der Waals surface area (Å²) in [7, 11) is 0. The zero-order chi connectivity index (χ0) is 14.1. The predicted molar refractivity (Wildman–Crippen MR) is 88.3 cm³/mol. The van der Waals surface area contributed by atoms with E-state index in [4.69, 9.17) is 0 Å². The molecule has 102 valence electrons. The van der Waals surface area contributed by atoms with Crippen molar-refractivity contribution < 1.29 is 4.39 Å². The number of hydrogen-bond donors (Lipinski definition) is 0. The Morgan fingerprint density at radius 3 is 2.80 bits per heavy atom. The Morgan fingerprint density at radius 2 is 2.00 bits per heavy atom. The Labute approximate surface area is 130 Å². The molecule has 0 aliphatic carbocycles. The van der Waals surface area contributed by atoms with Gasteiger partial charge in [-0.3, -0.25) is 0 Å². The standard InChI is InChI=1S/C17H14BrFS/c1-11-3-2-4-12(7-11)8-15(18)17-9-13-5-6-14(19)10-16(13)20-17/h2-7,9-10,15H,8H2,1H3. The molecule has 0 saturated heterocycles. The van der Waals surface area contributed by atoms with Crippen LogP contribution in [0.1, 0.15) is 20.8 Å². The van der Waals surface area contributed by atoms with Gasteiger partial charge in [-0.2, -0.15) is 0 Å². The van der Waals surface area contributed by atoms with Crippen LogP contribution in [0.5, 0.6) is 0 Å². The Hall–Kier alpha value is -1.19. The lowest BCUT2D eigenvalue weighted by atomic mass is 10.1. The summed E-state index contributed by atoms with van der Waals surface area (Å²) in [6, 6.07) is 15.7. The molecule has 1 unspecified atom stereocenters. The van der Waals surface area contributed by atoms with Gasteiger partial charge in [0.2, 0.25) is 0 Å². The first kappa shape index (κ1) is 13.8. The lowest BCUT2D eigenvalue weighted by Crippen LogP contribution is -1.93. The highest BCUT2D eigenvalue weighted by Gasteiger charge is 2.12. The van der Waals surface area contributed by atoms with Crippen molar-refractivity contribution in [2.75, 3.05) is 0 Å². The molecule has 2 aromatic carbocycles. The van der Waals surface area contributed by atoms with Gasteiger partial charge in [-0.1, -0.05) is 51.8 Å². The van der Waals surface area contributed by atoms with E-state index in [0.29, 0.717) is 0 Å². The molecule has 0 saturated carbocycles. The van der Waals surface area contributed by atoms with Crippen molar-refractivity contribution in [3.05, 3.63) is 70.4 Å². The van der Waals surface area contributed by atoms with Crippen LogP contribution in [0.3, 0.4) is 0 Å². The largest absolute Gasteiger partial charge is 0.207 e. The van der Waals surface area contributed by atoms with E-state index >= 15 is 0 Å². The Bertz CT molecular complexity index is 748. The molecule has 0 nitrogen and oxygen atoms in total. The van der Waals surface area contributed by atoms with E-state index in [2.05, 4.69) is 53.2 Å². The fraction of sp³-hybridized carbons (Fsp3) is 0.176. The monoisotopic (exact) mass is 348 g/mol. The highest BCUT2D eigenvalue weighted by Crippen LogP contribution is 2.36. The molecule has 0 radical (unpaired) electrons. The van der Waals surface area contributed by atoms with E-state index in [1.165, 1.54) is 22.1 Å². The number of rotatable bonds is 3. The lowest BCUT2D eigenvalue weighted by molar-refractivity contribution is 0.630. The quantitative estimate of drug-likeness (QED) is 0.507. The van der Waals surface area contributed by atoms with Crippen LogP contribution in [0.4, 0.5) is 4.39 Å². The number of halogens is 2. The molecule has 0 aliphatic heterocycles. The van der Waals surface area contributed by atoms with Crippen molar-refractivity contribution in [3.63, 3.8) is 0 Å². The molecule has 3 rings (SSSR count). The van der Waals surface area contributed by atoms with Crippen LogP contribution < -0.4 is 0 Å². The average Bonchev–Trinajstić information content (AvgIpc) is 2.81. The first-order valence-corrected chi connectivity index (χ1v) is 8.23. The van der Waals surface area contributed by atoms with Gasteiger partial charge < -0.3 is 0 Å². The summed E-state index contributed by atoms with van der Waals surface area (Å²) < 4.78 is 14.2. The summed E-state index contributed by atoms with van der Waals surface area (Å²) in [5, 5.41) is 1.11. The third-order valence-electron chi connectivity index (χ3n) is 3.31. The molecular weight excluding hydrogens is 335 g/mol. The van der Waals surface area contributed by atoms with Gasteiger partial charge in [0.05, 0.1) is 4.83 Å². The molecule has 0 fully saturated rings. The topological polar surface area (TPSA) is 0 Å². The van der Waals surface area contributed by atoms with Gasteiger partial charge in [-0.15, -0.1) is 11.3 Å². The van der Waals surface area contributed by atoms with Gasteiger partial charge in [0.15, 0.2) is 0 Å². The molecule has 0 N–H and O–H groups in total. The fourth-order valence-corrected chi connectivity index (χ4v) is 4.18. The maximum atomic E-state index is 13.2. The molecule has 0 aliphatic rings. The first-order chi connectivity index (χ1) is 9.61. The van der Waals surface area contributed by atoms with Crippen molar-refractivity contribution in [1.82, 2.24) is 0 Å². The van der Waals surface area contributed by atoms with Gasteiger partial charge in [0.25, 0.3) is 0 Å². The Kier molecular flexibility index (Phi) is 3.90. The minimum atomic E-state index is -0.171. The summed E-state index contributed by atoms with van der Waals surface area (Å²) >= 11 is 5.42. The van der Waals surface area contributed by atoms with Crippen molar-refractivity contribution in [2.24, 2.45) is 0 Å². The highest BCUT2D eigenvalue weighted by molar-refractivity contribution is 9.09. The van der Waals surface area contributed by atoms with Crippen LogP contribution in [-0.4, -0.2) is 0 Å². The van der Waals surface area contributed by atoms with Gasteiger partial charge in [-0.25, -0.2) is 4.39 Å². The Balaban J connectivity index is 1.86. The van der Waals surface area contributed by atoms with E-state index in [0.717, 1.165) is 16.5 Å². The first-order valence-electron chi connectivity index (χ1n) is 6.50. The second kappa shape index (κ2) is 5.66. The predicted octanol–water partition coefficient (Wildman–Crippen LogP) is 6.03. The molecule has 0 amide bonds. The second-order valence-corrected chi connectivity index (χ2v) is 7.21. The molecule has 3 heteroatoms. The zero-order valence-electron chi connectivity index (χ0n) is 11.1. The third-order valence-corrected chi connectivity index (χ3v) is 5.64. The molecule has 1 atom stereocenters. The number of benzene rings is 2. The van der Waals surface area contributed by atoms with E-state index in [1.807, 2.05) is 6.07 Å². The summed E-state index contributed by atoms with van der Waals surface area (Å²) in [5.41, 5.74) is 2.59. The highest BCUT2D eigenvalue weighted by atomic mass is 79.9. The van der Waals surface area contributed by atoms with E-state index in [-0.39, 0.29) is 10.6 Å². The van der Waals surface area contributed by atoms with E-state index in [1.54, 1.807) is 17.4 Å². The zero-order valence-corrected chi connectivity index (χ0v) is 13.5. The molecule has 20 heavy (non-hydrogen) atoms. The molecule has 3 aromatic rings. The van der Waals surface area contributed by atoms with Gasteiger partial charge in [-0.05, 0) is 42.5 Å².